The van der Waals surface area contributed by atoms with Crippen LogP contribution in [0.3, 0.4) is 0 Å². The summed E-state index contributed by atoms with van der Waals surface area (Å²) in [5, 5.41) is 41.9. The van der Waals surface area contributed by atoms with Crippen LogP contribution in [0, 0.1) is 0 Å². The molecule has 4 nitrogen and oxygen atoms in total. The van der Waals surface area contributed by atoms with Crippen molar-refractivity contribution >= 4 is 16.3 Å². The molecule has 0 bridgehead atoms. The molecule has 0 saturated carbocycles. The number of benzene rings is 2. The second-order valence-electron chi connectivity index (χ2n) is 5.13. The fourth-order valence-electron chi connectivity index (χ4n) is 3.20. The average molecular weight is 268 g/mol. The lowest BCUT2D eigenvalue weighted by molar-refractivity contribution is 0.157. The molecule has 0 aliphatic heterocycles. The Morgan fingerprint density at radius 1 is 1.05 bits per heavy atom. The summed E-state index contributed by atoms with van der Waals surface area (Å²) in [7, 11) is 0. The van der Waals surface area contributed by atoms with Crippen molar-refractivity contribution < 1.29 is 20.4 Å². The zero-order valence-electron chi connectivity index (χ0n) is 10.5. The lowest BCUT2D eigenvalue weighted by Crippen LogP contribution is -2.13. The van der Waals surface area contributed by atoms with Gasteiger partial charge in [0.25, 0.3) is 0 Å². The summed E-state index contributed by atoms with van der Waals surface area (Å²) in [6.45, 7) is 0. The highest BCUT2D eigenvalue weighted by Crippen LogP contribution is 2.51. The highest BCUT2D eigenvalue weighted by atomic mass is 16.3. The Hall–Kier alpha value is -2.46. The Morgan fingerprint density at radius 3 is 2.65 bits per heavy atom. The summed E-state index contributed by atoms with van der Waals surface area (Å²) in [4.78, 5) is 0. The summed E-state index contributed by atoms with van der Waals surface area (Å²) in [6.07, 6.45) is 2.90. The standard InChI is InChI=1S/C16H12O4/c17-13-7-3-1-4-8-11(7)12-9(15(13)19)5-2-6-10(12)16(20)14(8)18/h1-5,13,17-20H,6H2. The van der Waals surface area contributed by atoms with E-state index in [-0.39, 0.29) is 17.3 Å². The first-order valence-electron chi connectivity index (χ1n) is 6.38. The van der Waals surface area contributed by atoms with Gasteiger partial charge in [0.1, 0.15) is 11.9 Å². The SMILES string of the molecule is OC1=C2C=CCc3c(O)c(O)c4cccc(c4c32)C1O. The molecular weight excluding hydrogens is 256 g/mol. The zero-order valence-corrected chi connectivity index (χ0v) is 10.5. The molecule has 1 unspecified atom stereocenters. The molecule has 0 spiro atoms. The van der Waals surface area contributed by atoms with Crippen LogP contribution in [0.25, 0.3) is 16.3 Å². The number of rotatable bonds is 0. The monoisotopic (exact) mass is 268 g/mol. The van der Waals surface area contributed by atoms with E-state index in [1.165, 1.54) is 0 Å². The molecule has 2 aromatic rings. The maximum Gasteiger partial charge on any atom is 0.165 e. The minimum absolute atomic E-state index is 0.118. The van der Waals surface area contributed by atoms with E-state index in [2.05, 4.69) is 0 Å². The molecule has 4 N–H and O–H groups in total. The number of aliphatic hydroxyl groups is 2. The Labute approximate surface area is 114 Å². The van der Waals surface area contributed by atoms with Gasteiger partial charge in [-0.15, -0.1) is 0 Å². The topological polar surface area (TPSA) is 80.9 Å². The van der Waals surface area contributed by atoms with Gasteiger partial charge in [-0.05, 0) is 12.0 Å². The van der Waals surface area contributed by atoms with Crippen LogP contribution in [0.2, 0.25) is 0 Å². The van der Waals surface area contributed by atoms with Crippen LogP contribution in [-0.2, 0) is 6.42 Å². The van der Waals surface area contributed by atoms with Gasteiger partial charge in [0.15, 0.2) is 11.5 Å². The third kappa shape index (κ3) is 1.15. The molecule has 0 fully saturated rings. The van der Waals surface area contributed by atoms with Gasteiger partial charge in [-0.3, -0.25) is 0 Å². The number of hydrogen-bond donors (Lipinski definition) is 4. The zero-order chi connectivity index (χ0) is 14.0. The third-order valence-corrected chi connectivity index (χ3v) is 4.12. The molecular formula is C16H12O4. The van der Waals surface area contributed by atoms with Crippen molar-refractivity contribution in [1.82, 2.24) is 0 Å². The van der Waals surface area contributed by atoms with Gasteiger partial charge in [0.05, 0.1) is 0 Å². The normalized spacial score (nSPS) is 19.8. The molecule has 2 aliphatic carbocycles. The molecule has 0 heterocycles. The van der Waals surface area contributed by atoms with Gasteiger partial charge < -0.3 is 20.4 Å². The second-order valence-corrected chi connectivity index (χ2v) is 5.13. The summed E-state index contributed by atoms with van der Waals surface area (Å²) < 4.78 is 0. The molecule has 100 valence electrons. The van der Waals surface area contributed by atoms with Crippen molar-refractivity contribution in [2.45, 2.75) is 12.5 Å². The number of aromatic hydroxyl groups is 2. The molecule has 4 rings (SSSR count). The second kappa shape index (κ2) is 3.55. The maximum absolute atomic E-state index is 10.2. The molecule has 0 aromatic heterocycles. The molecule has 0 saturated heterocycles. The van der Waals surface area contributed by atoms with Crippen molar-refractivity contribution in [2.24, 2.45) is 0 Å². The predicted octanol–water partition coefficient (Wildman–Crippen LogP) is 2.68. The number of aliphatic hydroxyl groups excluding tert-OH is 2. The van der Waals surface area contributed by atoms with Crippen LogP contribution in [0.4, 0.5) is 0 Å². The molecule has 4 heteroatoms. The number of allylic oxidation sites excluding steroid dienone is 3. The minimum atomic E-state index is -1.11. The molecule has 0 radical (unpaired) electrons. The van der Waals surface area contributed by atoms with Crippen molar-refractivity contribution in [1.29, 1.82) is 0 Å². The van der Waals surface area contributed by atoms with E-state index in [4.69, 9.17) is 0 Å². The van der Waals surface area contributed by atoms with E-state index in [9.17, 15) is 20.4 Å². The highest BCUT2D eigenvalue weighted by Gasteiger charge is 2.32. The fourth-order valence-corrected chi connectivity index (χ4v) is 3.20. The van der Waals surface area contributed by atoms with Crippen molar-refractivity contribution in [3.8, 4) is 11.5 Å². The smallest absolute Gasteiger partial charge is 0.165 e. The van der Waals surface area contributed by atoms with Gasteiger partial charge in [-0.1, -0.05) is 30.4 Å². The van der Waals surface area contributed by atoms with Crippen LogP contribution in [0.15, 0.2) is 36.1 Å². The summed E-state index contributed by atoms with van der Waals surface area (Å²) >= 11 is 0. The van der Waals surface area contributed by atoms with E-state index >= 15 is 0 Å². The molecule has 1 atom stereocenters. The minimum Gasteiger partial charge on any atom is -0.509 e. The summed E-state index contributed by atoms with van der Waals surface area (Å²) in [5.41, 5.74) is 2.35. The first-order valence-corrected chi connectivity index (χ1v) is 6.38. The third-order valence-electron chi connectivity index (χ3n) is 4.12. The Kier molecular flexibility index (Phi) is 2.02. The fraction of sp³-hybridized carbons (Fsp3) is 0.125. The molecule has 20 heavy (non-hydrogen) atoms. The summed E-state index contributed by atoms with van der Waals surface area (Å²) in [6, 6.07) is 5.09. The van der Waals surface area contributed by atoms with E-state index < -0.39 is 6.10 Å². The summed E-state index contributed by atoms with van der Waals surface area (Å²) in [5.74, 6) is -0.452. The van der Waals surface area contributed by atoms with Crippen LogP contribution in [0.5, 0.6) is 11.5 Å². The van der Waals surface area contributed by atoms with Crippen LogP contribution in [-0.4, -0.2) is 20.4 Å². The number of phenolic OH excluding ortho intramolecular Hbond substituents is 2. The van der Waals surface area contributed by atoms with Crippen molar-refractivity contribution in [3.05, 3.63) is 52.8 Å². The first kappa shape index (κ1) is 11.4. The Bertz CT molecular complexity index is 830. The molecule has 2 aromatic carbocycles. The Morgan fingerprint density at radius 2 is 1.85 bits per heavy atom. The van der Waals surface area contributed by atoms with Crippen molar-refractivity contribution in [2.75, 3.05) is 0 Å². The average Bonchev–Trinajstić information content (AvgIpc) is 2.48. The maximum atomic E-state index is 10.2. The van der Waals surface area contributed by atoms with Gasteiger partial charge in [-0.2, -0.15) is 0 Å². The number of hydrogen-bond acceptors (Lipinski definition) is 4. The van der Waals surface area contributed by atoms with Gasteiger partial charge in [-0.25, -0.2) is 0 Å². The lowest BCUT2D eigenvalue weighted by Gasteiger charge is -2.28. The largest absolute Gasteiger partial charge is 0.509 e. The molecule has 2 aliphatic rings. The van der Waals surface area contributed by atoms with Crippen LogP contribution < -0.4 is 0 Å². The number of phenols is 2. The van der Waals surface area contributed by atoms with Gasteiger partial charge in [0.2, 0.25) is 0 Å². The van der Waals surface area contributed by atoms with E-state index in [0.717, 1.165) is 0 Å². The quantitative estimate of drug-likeness (QED) is 0.554. The van der Waals surface area contributed by atoms with E-state index in [0.29, 0.717) is 39.5 Å². The van der Waals surface area contributed by atoms with Gasteiger partial charge in [0, 0.05) is 27.5 Å². The highest BCUT2D eigenvalue weighted by molar-refractivity contribution is 6.07. The van der Waals surface area contributed by atoms with E-state index in [1.54, 1.807) is 30.4 Å². The van der Waals surface area contributed by atoms with Crippen LogP contribution >= 0.6 is 0 Å². The first-order chi connectivity index (χ1) is 9.61. The lowest BCUT2D eigenvalue weighted by atomic mass is 9.79. The predicted molar refractivity (Wildman–Crippen MR) is 74.6 cm³/mol. The molecule has 0 amide bonds. The Balaban J connectivity index is 2.31. The van der Waals surface area contributed by atoms with E-state index in [1.807, 2.05) is 0 Å². The van der Waals surface area contributed by atoms with Crippen molar-refractivity contribution in [3.63, 3.8) is 0 Å². The van der Waals surface area contributed by atoms with Gasteiger partial charge >= 0.3 is 0 Å². The van der Waals surface area contributed by atoms with Crippen LogP contribution in [0.1, 0.15) is 22.8 Å².